The molecule has 6 nitrogen and oxygen atoms in total. The topological polar surface area (TPSA) is 84.9 Å². The Hall–Kier alpha value is -2.08. The van der Waals surface area contributed by atoms with Gasteiger partial charge >= 0.3 is 5.97 Å². The number of carboxylic acid groups (broad SMARTS) is 1. The number of aryl methyl sites for hydroxylation is 1. The number of carbonyl (C=O) groups is 2. The predicted molar refractivity (Wildman–Crippen MR) is 69.2 cm³/mol. The number of aliphatic carboxylic acids is 1. The molecule has 0 spiro atoms. The minimum absolute atomic E-state index is 0.0395. The number of ether oxygens (including phenoxy) is 2. The van der Waals surface area contributed by atoms with Gasteiger partial charge in [0.05, 0.1) is 5.69 Å². The summed E-state index contributed by atoms with van der Waals surface area (Å²) in [7, 11) is 1.50. The molecule has 1 rings (SSSR count). The van der Waals surface area contributed by atoms with Crippen LogP contribution in [0.2, 0.25) is 0 Å². The van der Waals surface area contributed by atoms with Crippen molar-refractivity contribution in [3.05, 3.63) is 23.8 Å². The minimum Gasteiger partial charge on any atom is -0.481 e. The van der Waals surface area contributed by atoms with Crippen molar-refractivity contribution in [2.45, 2.75) is 19.8 Å². The Bertz CT molecular complexity index is 458. The van der Waals surface area contributed by atoms with Crippen LogP contribution in [0, 0.1) is 0 Å². The lowest BCUT2D eigenvalue weighted by Gasteiger charge is -2.12. The van der Waals surface area contributed by atoms with Gasteiger partial charge in [-0.1, -0.05) is 6.07 Å². The summed E-state index contributed by atoms with van der Waals surface area (Å²) in [5.41, 5.74) is 1.32. The molecular weight excluding hydrogens is 250 g/mol. The molecule has 0 bridgehead atoms. The van der Waals surface area contributed by atoms with Crippen LogP contribution in [0.15, 0.2) is 18.2 Å². The van der Waals surface area contributed by atoms with E-state index in [1.165, 1.54) is 14.0 Å². The zero-order chi connectivity index (χ0) is 14.3. The molecule has 0 aliphatic rings. The van der Waals surface area contributed by atoms with Gasteiger partial charge in [-0.05, 0) is 24.1 Å². The molecule has 1 aromatic carbocycles. The lowest BCUT2D eigenvalue weighted by molar-refractivity contribution is -0.137. The van der Waals surface area contributed by atoms with Crippen LogP contribution in [0.3, 0.4) is 0 Å². The molecule has 0 heterocycles. The summed E-state index contributed by atoms with van der Waals surface area (Å²) >= 11 is 0. The van der Waals surface area contributed by atoms with E-state index in [1.54, 1.807) is 18.2 Å². The quantitative estimate of drug-likeness (QED) is 0.734. The van der Waals surface area contributed by atoms with Gasteiger partial charge in [0, 0.05) is 20.5 Å². The Morgan fingerprint density at radius 2 is 2.11 bits per heavy atom. The number of rotatable bonds is 7. The van der Waals surface area contributed by atoms with Crippen LogP contribution in [0.1, 0.15) is 18.9 Å². The first kappa shape index (κ1) is 15.0. The SMILES string of the molecule is COCOc1ccc(CCC(=O)O)cc1NC(C)=O. The molecule has 0 fully saturated rings. The Kier molecular flexibility index (Phi) is 5.81. The van der Waals surface area contributed by atoms with E-state index in [9.17, 15) is 9.59 Å². The summed E-state index contributed by atoms with van der Waals surface area (Å²) in [4.78, 5) is 21.7. The van der Waals surface area contributed by atoms with Crippen molar-refractivity contribution in [3.8, 4) is 5.75 Å². The lowest BCUT2D eigenvalue weighted by atomic mass is 10.1. The fourth-order valence-corrected chi connectivity index (χ4v) is 1.52. The van der Waals surface area contributed by atoms with Crippen LogP contribution in [0.5, 0.6) is 5.75 Å². The molecule has 0 unspecified atom stereocenters. The Morgan fingerprint density at radius 1 is 1.37 bits per heavy atom. The average molecular weight is 267 g/mol. The second-order valence-electron chi connectivity index (χ2n) is 3.96. The molecule has 0 aliphatic carbocycles. The Morgan fingerprint density at radius 3 is 2.68 bits per heavy atom. The summed E-state index contributed by atoms with van der Waals surface area (Å²) in [5.74, 6) is -0.602. The second kappa shape index (κ2) is 7.38. The van der Waals surface area contributed by atoms with Gasteiger partial charge in [0.2, 0.25) is 5.91 Å². The first-order valence-corrected chi connectivity index (χ1v) is 5.77. The molecule has 19 heavy (non-hydrogen) atoms. The normalized spacial score (nSPS) is 10.0. The highest BCUT2D eigenvalue weighted by Crippen LogP contribution is 2.26. The van der Waals surface area contributed by atoms with Crippen LogP contribution < -0.4 is 10.1 Å². The van der Waals surface area contributed by atoms with Crippen molar-refractivity contribution in [1.82, 2.24) is 0 Å². The van der Waals surface area contributed by atoms with Crippen molar-refractivity contribution >= 4 is 17.6 Å². The number of hydrogen-bond donors (Lipinski definition) is 2. The van der Waals surface area contributed by atoms with Crippen LogP contribution >= 0.6 is 0 Å². The third-order valence-corrected chi connectivity index (χ3v) is 2.31. The monoisotopic (exact) mass is 267 g/mol. The number of anilines is 1. The summed E-state index contributed by atoms with van der Waals surface area (Å²) in [6.07, 6.45) is 0.435. The third kappa shape index (κ3) is 5.39. The van der Waals surface area contributed by atoms with Gasteiger partial charge in [0.1, 0.15) is 5.75 Å². The smallest absolute Gasteiger partial charge is 0.303 e. The van der Waals surface area contributed by atoms with E-state index in [4.69, 9.17) is 14.6 Å². The average Bonchev–Trinajstić information content (AvgIpc) is 2.34. The summed E-state index contributed by atoms with van der Waals surface area (Å²) in [5, 5.41) is 11.3. The van der Waals surface area contributed by atoms with Crippen LogP contribution in [0.25, 0.3) is 0 Å². The number of hydrogen-bond acceptors (Lipinski definition) is 4. The van der Waals surface area contributed by atoms with Gasteiger partial charge in [-0.3, -0.25) is 9.59 Å². The van der Waals surface area contributed by atoms with Crippen molar-refractivity contribution in [2.75, 3.05) is 19.2 Å². The summed E-state index contributed by atoms with van der Waals surface area (Å²) in [6, 6.07) is 5.15. The molecule has 0 aliphatic heterocycles. The molecule has 6 heteroatoms. The first-order valence-electron chi connectivity index (χ1n) is 5.77. The number of amides is 1. The molecule has 1 aromatic rings. The van der Waals surface area contributed by atoms with Crippen LogP contribution in [-0.4, -0.2) is 30.9 Å². The van der Waals surface area contributed by atoms with Gasteiger partial charge in [-0.2, -0.15) is 0 Å². The van der Waals surface area contributed by atoms with Crippen molar-refractivity contribution in [3.63, 3.8) is 0 Å². The maximum Gasteiger partial charge on any atom is 0.303 e. The van der Waals surface area contributed by atoms with Gasteiger partial charge in [-0.25, -0.2) is 0 Å². The summed E-state index contributed by atoms with van der Waals surface area (Å²) in [6.45, 7) is 1.46. The van der Waals surface area contributed by atoms with Crippen molar-refractivity contribution < 1.29 is 24.2 Å². The lowest BCUT2D eigenvalue weighted by Crippen LogP contribution is -2.09. The van der Waals surface area contributed by atoms with Gasteiger partial charge in [0.25, 0.3) is 0 Å². The van der Waals surface area contributed by atoms with Crippen LogP contribution in [-0.2, 0) is 20.7 Å². The van der Waals surface area contributed by atoms with E-state index in [0.29, 0.717) is 17.9 Å². The molecule has 0 atom stereocenters. The standard InChI is InChI=1S/C13H17NO5/c1-9(15)14-11-7-10(4-6-13(16)17)3-5-12(11)19-8-18-2/h3,5,7H,4,6,8H2,1-2H3,(H,14,15)(H,16,17). The number of methoxy groups -OCH3 is 1. The number of nitrogens with one attached hydrogen (secondary N) is 1. The third-order valence-electron chi connectivity index (χ3n) is 2.31. The minimum atomic E-state index is -0.860. The van der Waals surface area contributed by atoms with Gasteiger partial charge in [0.15, 0.2) is 6.79 Å². The fraction of sp³-hybridized carbons (Fsp3) is 0.385. The number of carboxylic acids is 1. The molecular formula is C13H17NO5. The molecule has 0 radical (unpaired) electrons. The zero-order valence-corrected chi connectivity index (χ0v) is 10.9. The predicted octanol–water partition coefficient (Wildman–Crippen LogP) is 1.64. The fourth-order valence-electron chi connectivity index (χ4n) is 1.52. The maximum absolute atomic E-state index is 11.1. The number of benzene rings is 1. The Balaban J connectivity index is 2.86. The first-order chi connectivity index (χ1) is 9.02. The van der Waals surface area contributed by atoms with E-state index in [-0.39, 0.29) is 19.1 Å². The molecule has 0 saturated heterocycles. The van der Waals surface area contributed by atoms with E-state index in [0.717, 1.165) is 5.56 Å². The van der Waals surface area contributed by atoms with Gasteiger partial charge < -0.3 is 19.9 Å². The van der Waals surface area contributed by atoms with E-state index in [1.807, 2.05) is 0 Å². The van der Waals surface area contributed by atoms with Crippen LogP contribution in [0.4, 0.5) is 5.69 Å². The molecule has 0 saturated carbocycles. The highest BCUT2D eigenvalue weighted by molar-refractivity contribution is 5.90. The molecule has 2 N–H and O–H groups in total. The van der Waals surface area contributed by atoms with E-state index < -0.39 is 5.97 Å². The van der Waals surface area contributed by atoms with E-state index in [2.05, 4.69) is 5.32 Å². The van der Waals surface area contributed by atoms with Crippen molar-refractivity contribution in [1.29, 1.82) is 0 Å². The zero-order valence-electron chi connectivity index (χ0n) is 10.9. The largest absolute Gasteiger partial charge is 0.481 e. The molecule has 1 amide bonds. The van der Waals surface area contributed by atoms with Crippen molar-refractivity contribution in [2.24, 2.45) is 0 Å². The van der Waals surface area contributed by atoms with E-state index >= 15 is 0 Å². The molecule has 0 aromatic heterocycles. The Labute approximate surface area is 111 Å². The summed E-state index contributed by atoms with van der Waals surface area (Å²) < 4.78 is 10.1. The van der Waals surface area contributed by atoms with Gasteiger partial charge in [-0.15, -0.1) is 0 Å². The second-order valence-corrected chi connectivity index (χ2v) is 3.96. The molecule has 104 valence electrons. The highest BCUT2D eigenvalue weighted by Gasteiger charge is 2.08. The highest BCUT2D eigenvalue weighted by atomic mass is 16.7. The number of carbonyl (C=O) groups excluding carboxylic acids is 1. The maximum atomic E-state index is 11.1.